The van der Waals surface area contributed by atoms with Crippen LogP contribution in [-0.4, -0.2) is 47.7 Å². The zero-order valence-electron chi connectivity index (χ0n) is 12.2. The van der Waals surface area contributed by atoms with Gasteiger partial charge >= 0.3 is 5.97 Å². The highest BCUT2D eigenvalue weighted by atomic mass is 16.6. The predicted molar refractivity (Wildman–Crippen MR) is 73.2 cm³/mol. The number of hydrogen-bond acceptors (Lipinski definition) is 5. The molecule has 0 saturated carbocycles. The molecule has 20 heavy (non-hydrogen) atoms. The van der Waals surface area contributed by atoms with Crippen molar-refractivity contribution in [3.8, 4) is 0 Å². The fourth-order valence-electron chi connectivity index (χ4n) is 3.06. The highest BCUT2D eigenvalue weighted by molar-refractivity contribution is 5.66. The van der Waals surface area contributed by atoms with E-state index in [-0.39, 0.29) is 36.5 Å². The summed E-state index contributed by atoms with van der Waals surface area (Å²) >= 11 is 0. The average molecular weight is 284 g/mol. The van der Waals surface area contributed by atoms with Gasteiger partial charge in [0.05, 0.1) is 30.5 Å². The molecule has 0 spiro atoms. The van der Waals surface area contributed by atoms with Crippen LogP contribution in [-0.2, 0) is 19.0 Å². The minimum Gasteiger partial charge on any atom is -0.460 e. The van der Waals surface area contributed by atoms with Crippen LogP contribution in [0.4, 0.5) is 0 Å². The van der Waals surface area contributed by atoms with E-state index in [1.807, 2.05) is 6.92 Å². The largest absolute Gasteiger partial charge is 0.460 e. The lowest BCUT2D eigenvalue weighted by atomic mass is 10.0. The fraction of sp³-hybridized carbons (Fsp3) is 0.800. The third-order valence-electron chi connectivity index (χ3n) is 4.01. The number of aliphatic hydroxyl groups excluding tert-OH is 1. The lowest BCUT2D eigenvalue weighted by Crippen LogP contribution is -2.26. The maximum Gasteiger partial charge on any atom is 0.302 e. The van der Waals surface area contributed by atoms with Gasteiger partial charge in [0, 0.05) is 19.8 Å². The van der Waals surface area contributed by atoms with Crippen molar-refractivity contribution < 1.29 is 24.1 Å². The van der Waals surface area contributed by atoms with Crippen molar-refractivity contribution in [1.29, 1.82) is 0 Å². The third-order valence-corrected chi connectivity index (χ3v) is 4.01. The molecule has 0 bridgehead atoms. The van der Waals surface area contributed by atoms with Gasteiger partial charge in [-0.25, -0.2) is 0 Å². The monoisotopic (exact) mass is 284 g/mol. The molecule has 2 aliphatic rings. The molecular weight excluding hydrogens is 260 g/mol. The number of rotatable bonds is 5. The van der Waals surface area contributed by atoms with E-state index >= 15 is 0 Å². The molecule has 0 aliphatic carbocycles. The number of ether oxygens (including phenoxy) is 3. The second-order valence-corrected chi connectivity index (χ2v) is 5.55. The summed E-state index contributed by atoms with van der Waals surface area (Å²) in [7, 11) is 0. The fourth-order valence-corrected chi connectivity index (χ4v) is 3.06. The smallest absolute Gasteiger partial charge is 0.302 e. The first-order valence-electron chi connectivity index (χ1n) is 7.32. The van der Waals surface area contributed by atoms with Crippen molar-refractivity contribution in [1.82, 2.24) is 0 Å². The quantitative estimate of drug-likeness (QED) is 0.613. The van der Waals surface area contributed by atoms with Crippen LogP contribution in [0.15, 0.2) is 12.7 Å². The van der Waals surface area contributed by atoms with E-state index in [1.165, 1.54) is 6.92 Å². The van der Waals surface area contributed by atoms with Crippen LogP contribution < -0.4 is 0 Å². The predicted octanol–water partition coefficient (Wildman–Crippen LogP) is 1.58. The second kappa shape index (κ2) is 6.70. The van der Waals surface area contributed by atoms with Gasteiger partial charge in [0.15, 0.2) is 0 Å². The van der Waals surface area contributed by atoms with Crippen molar-refractivity contribution in [2.24, 2.45) is 0 Å². The van der Waals surface area contributed by atoms with Gasteiger partial charge in [-0.05, 0) is 12.8 Å². The zero-order chi connectivity index (χ0) is 14.7. The van der Waals surface area contributed by atoms with Gasteiger partial charge in [-0.2, -0.15) is 0 Å². The van der Waals surface area contributed by atoms with E-state index < -0.39 is 6.10 Å². The van der Waals surface area contributed by atoms with E-state index in [1.54, 1.807) is 6.08 Å². The van der Waals surface area contributed by atoms with Crippen LogP contribution >= 0.6 is 0 Å². The minimum absolute atomic E-state index is 0.0805. The Hall–Kier alpha value is -0.910. The van der Waals surface area contributed by atoms with E-state index in [2.05, 4.69) is 6.58 Å². The Morgan fingerprint density at radius 2 is 2.00 bits per heavy atom. The molecule has 0 radical (unpaired) electrons. The van der Waals surface area contributed by atoms with Crippen LogP contribution in [0.2, 0.25) is 0 Å². The number of hydrogen-bond donors (Lipinski definition) is 1. The van der Waals surface area contributed by atoms with Gasteiger partial charge in [-0.1, -0.05) is 13.0 Å². The molecule has 2 rings (SSSR count). The molecule has 1 N–H and O–H groups in total. The Balaban J connectivity index is 1.94. The highest BCUT2D eigenvalue weighted by Gasteiger charge is 2.45. The number of aliphatic hydroxyl groups is 1. The Labute approximate surface area is 119 Å². The molecule has 0 aromatic rings. The summed E-state index contributed by atoms with van der Waals surface area (Å²) in [6, 6.07) is 0. The van der Waals surface area contributed by atoms with Crippen molar-refractivity contribution >= 4 is 5.97 Å². The molecule has 2 heterocycles. The Morgan fingerprint density at radius 3 is 2.60 bits per heavy atom. The summed E-state index contributed by atoms with van der Waals surface area (Å²) in [4.78, 5) is 11.1. The summed E-state index contributed by atoms with van der Waals surface area (Å²) in [6.07, 6.45) is 3.16. The maximum absolute atomic E-state index is 11.1. The lowest BCUT2D eigenvalue weighted by Gasteiger charge is -2.19. The molecule has 6 atom stereocenters. The van der Waals surface area contributed by atoms with Crippen LogP contribution in [0.3, 0.4) is 0 Å². The number of esters is 1. The average Bonchev–Trinajstić information content (AvgIpc) is 2.94. The van der Waals surface area contributed by atoms with Crippen molar-refractivity contribution in [3.05, 3.63) is 12.7 Å². The summed E-state index contributed by atoms with van der Waals surface area (Å²) < 4.78 is 17.1. The van der Waals surface area contributed by atoms with Crippen LogP contribution in [0, 0.1) is 0 Å². The first-order valence-corrected chi connectivity index (χ1v) is 7.32. The number of carbonyl (C=O) groups excluding carboxylic acids is 1. The summed E-state index contributed by atoms with van der Waals surface area (Å²) in [5, 5.41) is 9.97. The molecule has 2 aliphatic heterocycles. The molecular formula is C15H24O5. The van der Waals surface area contributed by atoms with Crippen molar-refractivity contribution in [2.75, 3.05) is 0 Å². The molecule has 0 aromatic heterocycles. The summed E-state index contributed by atoms with van der Waals surface area (Å²) in [5.74, 6) is -0.283. The molecule has 2 fully saturated rings. The van der Waals surface area contributed by atoms with Gasteiger partial charge in [-0.15, -0.1) is 6.58 Å². The Kier molecular flexibility index (Phi) is 5.18. The standard InChI is InChI=1S/C15H24O5/c1-4-6-12-10(17)7-13(20-12)15-8-14(18-9(3)16)11(5-2)19-15/h4,10-15,17H,1,5-8H2,2-3H3/t10-,11-,12+,13+,14-,15-/m1/s1. The van der Waals surface area contributed by atoms with E-state index in [0.717, 1.165) is 6.42 Å². The topological polar surface area (TPSA) is 65.0 Å². The summed E-state index contributed by atoms with van der Waals surface area (Å²) in [5.41, 5.74) is 0. The highest BCUT2D eigenvalue weighted by Crippen LogP contribution is 2.34. The molecule has 114 valence electrons. The van der Waals surface area contributed by atoms with E-state index in [0.29, 0.717) is 19.3 Å². The summed E-state index contributed by atoms with van der Waals surface area (Å²) in [6.45, 7) is 7.09. The normalized spacial score (nSPS) is 40.8. The molecule has 0 unspecified atom stereocenters. The second-order valence-electron chi connectivity index (χ2n) is 5.55. The van der Waals surface area contributed by atoms with E-state index in [4.69, 9.17) is 14.2 Å². The van der Waals surface area contributed by atoms with Gasteiger partial charge < -0.3 is 19.3 Å². The van der Waals surface area contributed by atoms with Crippen molar-refractivity contribution in [3.63, 3.8) is 0 Å². The van der Waals surface area contributed by atoms with Crippen LogP contribution in [0.25, 0.3) is 0 Å². The van der Waals surface area contributed by atoms with Crippen molar-refractivity contribution in [2.45, 2.75) is 76.2 Å². The molecule has 0 aromatic carbocycles. The van der Waals surface area contributed by atoms with Gasteiger partial charge in [0.2, 0.25) is 0 Å². The molecule has 0 amide bonds. The van der Waals surface area contributed by atoms with Gasteiger partial charge in [-0.3, -0.25) is 4.79 Å². The SMILES string of the molecule is C=CC[C@@H]1O[C@H]([C@H]2C[C@@H](OC(C)=O)[C@@H](CC)O2)C[C@H]1O. The Morgan fingerprint density at radius 1 is 1.35 bits per heavy atom. The van der Waals surface area contributed by atoms with Crippen LogP contribution in [0.5, 0.6) is 0 Å². The zero-order valence-corrected chi connectivity index (χ0v) is 12.2. The Bertz CT molecular complexity index is 356. The molecule has 5 heteroatoms. The minimum atomic E-state index is -0.477. The van der Waals surface area contributed by atoms with E-state index in [9.17, 15) is 9.90 Å². The third kappa shape index (κ3) is 3.40. The first kappa shape index (κ1) is 15.5. The molecule has 2 saturated heterocycles. The maximum atomic E-state index is 11.1. The lowest BCUT2D eigenvalue weighted by molar-refractivity contribution is -0.149. The van der Waals surface area contributed by atoms with Gasteiger partial charge in [0.25, 0.3) is 0 Å². The number of carbonyl (C=O) groups is 1. The first-order chi connectivity index (χ1) is 9.55. The molecule has 5 nitrogen and oxygen atoms in total. The van der Waals surface area contributed by atoms with Gasteiger partial charge in [0.1, 0.15) is 6.10 Å². The van der Waals surface area contributed by atoms with Crippen LogP contribution in [0.1, 0.15) is 39.5 Å².